The van der Waals surface area contributed by atoms with Crippen LogP contribution in [0.1, 0.15) is 29.7 Å². The SMILES string of the molecule is COc1nc(N[C@H](C)c2cc([N+](=O)[O-])cc(C(F)(F)F)c2)c2cc(Br)c(=O)n(C)c2c1C#N. The van der Waals surface area contributed by atoms with Gasteiger partial charge in [-0.15, -0.1) is 0 Å². The molecule has 0 aliphatic heterocycles. The molecule has 2 aromatic heterocycles. The molecule has 1 aromatic carbocycles. The number of alkyl halides is 3. The molecule has 0 amide bonds. The van der Waals surface area contributed by atoms with E-state index in [-0.39, 0.29) is 32.8 Å². The highest BCUT2D eigenvalue weighted by atomic mass is 79.9. The predicted molar refractivity (Wildman–Crippen MR) is 116 cm³/mol. The second kappa shape index (κ2) is 8.70. The molecule has 0 aliphatic rings. The number of nitrogens with zero attached hydrogens (tertiary/aromatic N) is 4. The Labute approximate surface area is 192 Å². The number of benzene rings is 1. The van der Waals surface area contributed by atoms with Crippen LogP contribution in [0, 0.1) is 21.4 Å². The zero-order valence-corrected chi connectivity index (χ0v) is 18.9. The van der Waals surface area contributed by atoms with Gasteiger partial charge in [0.1, 0.15) is 17.5 Å². The molecule has 1 N–H and O–H groups in total. The number of ether oxygens (including phenoxy) is 1. The molecule has 0 radical (unpaired) electrons. The molecule has 3 aromatic rings. The predicted octanol–water partition coefficient (Wildman–Crippen LogP) is 4.68. The molecular formula is C20H15BrF3N5O4. The van der Waals surface area contributed by atoms with Crippen LogP contribution < -0.4 is 15.6 Å². The molecule has 0 saturated heterocycles. The molecule has 9 nitrogen and oxygen atoms in total. The van der Waals surface area contributed by atoms with E-state index in [0.29, 0.717) is 11.5 Å². The third-order valence-corrected chi connectivity index (χ3v) is 5.49. The average Bonchev–Trinajstić information content (AvgIpc) is 2.76. The minimum atomic E-state index is -4.79. The van der Waals surface area contributed by atoms with Crippen molar-refractivity contribution >= 4 is 38.3 Å². The smallest absolute Gasteiger partial charge is 0.416 e. The van der Waals surface area contributed by atoms with Gasteiger partial charge in [0.05, 0.1) is 33.6 Å². The summed E-state index contributed by atoms with van der Waals surface area (Å²) in [5, 5.41) is 24.0. The number of aryl methyl sites for hydroxylation is 1. The second-order valence-corrected chi connectivity index (χ2v) is 7.86. The van der Waals surface area contributed by atoms with E-state index in [1.807, 2.05) is 6.07 Å². The summed E-state index contributed by atoms with van der Waals surface area (Å²) in [4.78, 5) is 26.9. The summed E-state index contributed by atoms with van der Waals surface area (Å²) in [5.41, 5.74) is -2.14. The summed E-state index contributed by atoms with van der Waals surface area (Å²) in [6, 6.07) is 4.78. The maximum Gasteiger partial charge on any atom is 0.416 e. The molecule has 0 fully saturated rings. The molecule has 0 spiro atoms. The van der Waals surface area contributed by atoms with Crippen molar-refractivity contribution in [2.24, 2.45) is 7.05 Å². The standard InChI is InChI=1S/C20H15BrF3N5O4/c1-9(10-4-11(20(22,23)24)6-12(5-10)29(31)32)26-17-13-7-15(21)19(30)28(2)16(13)14(8-25)18(27-17)33-3/h4-7,9H,1-3H3,(H,26,27)/t9-/m1/s1. The van der Waals surface area contributed by atoms with Crippen molar-refractivity contribution < 1.29 is 22.8 Å². The highest BCUT2D eigenvalue weighted by molar-refractivity contribution is 9.10. The third kappa shape index (κ3) is 4.47. The molecule has 1 atom stereocenters. The normalized spacial score (nSPS) is 12.3. The molecule has 33 heavy (non-hydrogen) atoms. The van der Waals surface area contributed by atoms with Crippen molar-refractivity contribution in [3.63, 3.8) is 0 Å². The van der Waals surface area contributed by atoms with E-state index in [9.17, 15) is 33.3 Å². The number of methoxy groups -OCH3 is 1. The van der Waals surface area contributed by atoms with E-state index in [0.717, 1.165) is 12.1 Å². The van der Waals surface area contributed by atoms with E-state index in [1.165, 1.54) is 31.7 Å². The number of anilines is 1. The minimum absolute atomic E-state index is 0.00694. The number of non-ortho nitro benzene ring substituents is 1. The topological polar surface area (TPSA) is 123 Å². The Morgan fingerprint density at radius 3 is 2.55 bits per heavy atom. The number of halogens is 4. The van der Waals surface area contributed by atoms with E-state index in [2.05, 4.69) is 26.2 Å². The van der Waals surface area contributed by atoms with E-state index in [1.54, 1.807) is 0 Å². The van der Waals surface area contributed by atoms with Gasteiger partial charge >= 0.3 is 6.18 Å². The zero-order chi connectivity index (χ0) is 24.7. The van der Waals surface area contributed by atoms with Crippen molar-refractivity contribution in [2.45, 2.75) is 19.1 Å². The number of pyridine rings is 2. The highest BCUT2D eigenvalue weighted by Gasteiger charge is 2.33. The molecule has 0 saturated carbocycles. The third-order valence-electron chi connectivity index (χ3n) is 4.93. The summed E-state index contributed by atoms with van der Waals surface area (Å²) in [6.45, 7) is 1.49. The molecule has 0 bridgehead atoms. The van der Waals surface area contributed by atoms with Gasteiger partial charge in [-0.2, -0.15) is 23.4 Å². The largest absolute Gasteiger partial charge is 0.480 e. The van der Waals surface area contributed by atoms with Crippen molar-refractivity contribution in [1.29, 1.82) is 5.26 Å². The van der Waals surface area contributed by atoms with Gasteiger partial charge in [0, 0.05) is 24.6 Å². The van der Waals surface area contributed by atoms with Gasteiger partial charge in [0.25, 0.3) is 11.2 Å². The summed E-state index contributed by atoms with van der Waals surface area (Å²) in [5.74, 6) is -0.00300. The van der Waals surface area contributed by atoms with Gasteiger partial charge < -0.3 is 14.6 Å². The van der Waals surface area contributed by atoms with Crippen LogP contribution >= 0.6 is 15.9 Å². The number of nitriles is 1. The quantitative estimate of drug-likeness (QED) is 0.379. The van der Waals surface area contributed by atoms with Gasteiger partial charge in [-0.3, -0.25) is 14.9 Å². The molecule has 3 rings (SSSR count). The number of rotatable bonds is 5. The second-order valence-electron chi connectivity index (χ2n) is 7.01. The van der Waals surface area contributed by atoms with Crippen LogP contribution in [0.25, 0.3) is 10.9 Å². The molecule has 2 heterocycles. The van der Waals surface area contributed by atoms with Gasteiger partial charge in [0.15, 0.2) is 0 Å². The van der Waals surface area contributed by atoms with Crippen molar-refractivity contribution in [2.75, 3.05) is 12.4 Å². The Hall–Kier alpha value is -3.66. The van der Waals surface area contributed by atoms with E-state index in [4.69, 9.17) is 4.74 Å². The zero-order valence-electron chi connectivity index (χ0n) is 17.3. The number of fused-ring (bicyclic) bond motifs is 1. The first kappa shape index (κ1) is 24.0. The fourth-order valence-electron chi connectivity index (χ4n) is 3.30. The number of nitrogens with one attached hydrogen (secondary N) is 1. The summed E-state index contributed by atoms with van der Waals surface area (Å²) >= 11 is 3.15. The highest BCUT2D eigenvalue weighted by Crippen LogP contribution is 2.36. The van der Waals surface area contributed by atoms with Crippen LogP contribution in [0.5, 0.6) is 5.88 Å². The lowest BCUT2D eigenvalue weighted by molar-refractivity contribution is -0.385. The number of aromatic nitrogens is 2. The molecular weight excluding hydrogens is 511 g/mol. The van der Waals surface area contributed by atoms with Gasteiger partial charge in [-0.1, -0.05) is 0 Å². The molecule has 0 unspecified atom stereocenters. The maximum absolute atomic E-state index is 13.3. The summed E-state index contributed by atoms with van der Waals surface area (Å²) in [7, 11) is 2.72. The first-order chi connectivity index (χ1) is 15.4. The lowest BCUT2D eigenvalue weighted by atomic mass is 10.0. The van der Waals surface area contributed by atoms with Crippen molar-refractivity contribution in [1.82, 2.24) is 9.55 Å². The van der Waals surface area contributed by atoms with E-state index >= 15 is 0 Å². The Morgan fingerprint density at radius 2 is 2.00 bits per heavy atom. The van der Waals surface area contributed by atoms with Crippen molar-refractivity contribution in [3.05, 3.63) is 65.9 Å². The first-order valence-electron chi connectivity index (χ1n) is 9.19. The average molecular weight is 526 g/mol. The Bertz CT molecular complexity index is 1380. The minimum Gasteiger partial charge on any atom is -0.480 e. The molecule has 0 aliphatic carbocycles. The van der Waals surface area contributed by atoms with Crippen LogP contribution in [-0.4, -0.2) is 21.6 Å². The van der Waals surface area contributed by atoms with Crippen LogP contribution in [0.15, 0.2) is 33.5 Å². The number of hydrogen-bond acceptors (Lipinski definition) is 7. The monoisotopic (exact) mass is 525 g/mol. The fraction of sp³-hybridized carbons (Fsp3) is 0.250. The van der Waals surface area contributed by atoms with Gasteiger partial charge in [-0.05, 0) is 40.5 Å². The van der Waals surface area contributed by atoms with Crippen LogP contribution in [0.2, 0.25) is 0 Å². The Kier molecular flexibility index (Phi) is 6.33. The maximum atomic E-state index is 13.3. The lowest BCUT2D eigenvalue weighted by Gasteiger charge is -2.20. The lowest BCUT2D eigenvalue weighted by Crippen LogP contribution is -2.20. The molecule has 172 valence electrons. The van der Waals surface area contributed by atoms with Gasteiger partial charge in [-0.25, -0.2) is 0 Å². The number of nitro groups is 1. The number of hydrogen-bond donors (Lipinski definition) is 1. The number of nitro benzene ring substituents is 1. The Balaban J connectivity index is 2.22. The molecule has 13 heteroatoms. The Morgan fingerprint density at radius 1 is 1.33 bits per heavy atom. The fourth-order valence-corrected chi connectivity index (χ4v) is 3.80. The van der Waals surface area contributed by atoms with Crippen LogP contribution in [0.3, 0.4) is 0 Å². The van der Waals surface area contributed by atoms with E-state index < -0.39 is 34.0 Å². The first-order valence-corrected chi connectivity index (χ1v) is 9.98. The van der Waals surface area contributed by atoms with Crippen LogP contribution in [0.4, 0.5) is 24.7 Å². The van der Waals surface area contributed by atoms with Gasteiger partial charge in [0.2, 0.25) is 5.88 Å². The van der Waals surface area contributed by atoms with Crippen molar-refractivity contribution in [3.8, 4) is 11.9 Å². The van der Waals surface area contributed by atoms with Crippen LogP contribution in [-0.2, 0) is 13.2 Å². The summed E-state index contributed by atoms with van der Waals surface area (Å²) < 4.78 is 46.4. The summed E-state index contributed by atoms with van der Waals surface area (Å²) in [6.07, 6.45) is -4.79.